The molecule has 0 amide bonds. The van der Waals surface area contributed by atoms with Crippen LogP contribution < -0.4 is 5.32 Å². The number of Topliss-reactive ketones (excluding diaryl/α,β-unsaturated/α-hetero) is 1. The number of rotatable bonds is 6. The van der Waals surface area contributed by atoms with E-state index in [1.165, 1.54) is 0 Å². The fourth-order valence-corrected chi connectivity index (χ4v) is 2.05. The Morgan fingerprint density at radius 1 is 1.00 bits per heavy atom. The summed E-state index contributed by atoms with van der Waals surface area (Å²) in [6.45, 7) is 1.91. The monoisotopic (exact) mass is 253 g/mol. The van der Waals surface area contributed by atoms with Crippen LogP contribution in [0.25, 0.3) is 0 Å². The van der Waals surface area contributed by atoms with Crippen molar-refractivity contribution in [1.29, 1.82) is 0 Å². The molecule has 1 unspecified atom stereocenters. The minimum absolute atomic E-state index is 0.0380. The number of anilines is 1. The predicted molar refractivity (Wildman–Crippen MR) is 79.2 cm³/mol. The summed E-state index contributed by atoms with van der Waals surface area (Å²) in [4.78, 5) is 11.7. The van der Waals surface area contributed by atoms with E-state index in [9.17, 15) is 4.79 Å². The molecule has 2 aromatic rings. The summed E-state index contributed by atoms with van der Waals surface area (Å²) in [5.41, 5.74) is 2.19. The van der Waals surface area contributed by atoms with Crippen LogP contribution in [0.3, 0.4) is 0 Å². The Kier molecular flexibility index (Phi) is 4.73. The molecule has 0 aliphatic carbocycles. The maximum atomic E-state index is 11.7. The van der Waals surface area contributed by atoms with Crippen molar-refractivity contribution in [3.8, 4) is 0 Å². The Hall–Kier alpha value is -2.09. The van der Waals surface area contributed by atoms with E-state index in [2.05, 4.69) is 17.4 Å². The van der Waals surface area contributed by atoms with Gasteiger partial charge >= 0.3 is 0 Å². The van der Waals surface area contributed by atoms with Gasteiger partial charge in [0.1, 0.15) is 5.78 Å². The van der Waals surface area contributed by atoms with Gasteiger partial charge in [-0.3, -0.25) is 4.79 Å². The Labute approximate surface area is 114 Å². The van der Waals surface area contributed by atoms with Crippen LogP contribution in [0.5, 0.6) is 0 Å². The molecule has 2 rings (SSSR count). The summed E-state index contributed by atoms with van der Waals surface area (Å²) >= 11 is 0. The molecule has 0 fully saturated rings. The van der Waals surface area contributed by atoms with Crippen molar-refractivity contribution in [3.05, 3.63) is 66.2 Å². The quantitative estimate of drug-likeness (QED) is 0.835. The first kappa shape index (κ1) is 13.3. The molecule has 0 bridgehead atoms. The number of ketones is 1. The summed E-state index contributed by atoms with van der Waals surface area (Å²) in [7, 11) is 0. The van der Waals surface area contributed by atoms with Crippen LogP contribution in [0.1, 0.15) is 31.4 Å². The molecule has 1 N–H and O–H groups in total. The topological polar surface area (TPSA) is 29.1 Å². The Morgan fingerprint density at radius 3 is 2.16 bits per heavy atom. The number of carbonyl (C=O) groups excluding carboxylic acids is 1. The molecule has 2 heteroatoms. The van der Waals surface area contributed by atoms with E-state index in [-0.39, 0.29) is 11.8 Å². The molecule has 0 heterocycles. The van der Waals surface area contributed by atoms with Crippen molar-refractivity contribution < 1.29 is 4.79 Å². The van der Waals surface area contributed by atoms with Gasteiger partial charge in [0.25, 0.3) is 0 Å². The van der Waals surface area contributed by atoms with Crippen LogP contribution in [0.15, 0.2) is 60.7 Å². The number of benzene rings is 2. The molecule has 1 atom stereocenters. The largest absolute Gasteiger partial charge is 0.378 e. The molecule has 0 spiro atoms. The summed E-state index contributed by atoms with van der Waals surface area (Å²) in [5.74, 6) is 0.275. The van der Waals surface area contributed by atoms with Gasteiger partial charge in [-0.1, -0.05) is 55.5 Å². The van der Waals surface area contributed by atoms with Crippen molar-refractivity contribution in [2.24, 2.45) is 0 Å². The van der Waals surface area contributed by atoms with Crippen molar-refractivity contribution >= 4 is 11.5 Å². The van der Waals surface area contributed by atoms with Crippen LogP contribution in [0.4, 0.5) is 5.69 Å². The lowest BCUT2D eigenvalue weighted by Gasteiger charge is -2.19. The summed E-state index contributed by atoms with van der Waals surface area (Å²) in [6, 6.07) is 20.2. The average Bonchev–Trinajstić information content (AvgIpc) is 2.48. The zero-order valence-corrected chi connectivity index (χ0v) is 11.2. The molecule has 0 saturated carbocycles. The molecule has 2 nitrogen and oxygen atoms in total. The first-order valence-electron chi connectivity index (χ1n) is 6.68. The molecular formula is C17H19NO. The van der Waals surface area contributed by atoms with E-state index in [1.54, 1.807) is 0 Å². The minimum Gasteiger partial charge on any atom is -0.378 e. The van der Waals surface area contributed by atoms with Gasteiger partial charge in [0.05, 0.1) is 6.04 Å². The normalized spacial score (nSPS) is 11.8. The number of nitrogens with one attached hydrogen (secondary N) is 1. The zero-order valence-electron chi connectivity index (χ0n) is 11.2. The Morgan fingerprint density at radius 2 is 1.58 bits per heavy atom. The Bertz CT molecular complexity index is 507. The molecule has 0 saturated heterocycles. The van der Waals surface area contributed by atoms with E-state index in [0.29, 0.717) is 12.8 Å². The van der Waals surface area contributed by atoms with Crippen molar-refractivity contribution in [1.82, 2.24) is 0 Å². The maximum Gasteiger partial charge on any atom is 0.135 e. The van der Waals surface area contributed by atoms with Crippen LogP contribution in [-0.2, 0) is 4.79 Å². The van der Waals surface area contributed by atoms with Gasteiger partial charge < -0.3 is 5.32 Å². The van der Waals surface area contributed by atoms with Gasteiger partial charge in [-0.25, -0.2) is 0 Å². The third kappa shape index (κ3) is 3.95. The number of carbonyl (C=O) groups is 1. The molecular weight excluding hydrogens is 234 g/mol. The fraction of sp³-hybridized carbons (Fsp3) is 0.235. The van der Waals surface area contributed by atoms with Crippen molar-refractivity contribution in [3.63, 3.8) is 0 Å². The number of hydrogen-bond donors (Lipinski definition) is 1. The second-order valence-corrected chi connectivity index (χ2v) is 4.57. The highest BCUT2D eigenvalue weighted by Gasteiger charge is 2.14. The zero-order chi connectivity index (χ0) is 13.5. The van der Waals surface area contributed by atoms with Crippen LogP contribution in [0, 0.1) is 0 Å². The van der Waals surface area contributed by atoms with Gasteiger partial charge in [0.2, 0.25) is 0 Å². The van der Waals surface area contributed by atoms with Gasteiger partial charge in [-0.05, 0) is 17.7 Å². The molecule has 98 valence electrons. The highest BCUT2D eigenvalue weighted by atomic mass is 16.1. The molecule has 0 aromatic heterocycles. The third-order valence-electron chi connectivity index (χ3n) is 3.14. The minimum atomic E-state index is 0.0380. The lowest BCUT2D eigenvalue weighted by Crippen LogP contribution is -2.15. The average molecular weight is 253 g/mol. The van der Waals surface area contributed by atoms with E-state index in [1.807, 2.05) is 55.5 Å². The standard InChI is InChI=1S/C17H19NO/c1-2-16(19)13-17(14-9-5-3-6-10-14)18-15-11-7-4-8-12-15/h3-12,17-18H,2,13H2,1H3. The van der Waals surface area contributed by atoms with Crippen LogP contribution in [-0.4, -0.2) is 5.78 Å². The lowest BCUT2D eigenvalue weighted by molar-refractivity contribution is -0.119. The second kappa shape index (κ2) is 6.74. The smallest absolute Gasteiger partial charge is 0.135 e. The molecule has 0 aliphatic heterocycles. The summed E-state index contributed by atoms with van der Waals surface area (Å²) < 4.78 is 0. The highest BCUT2D eigenvalue weighted by Crippen LogP contribution is 2.23. The first-order valence-corrected chi connectivity index (χ1v) is 6.68. The van der Waals surface area contributed by atoms with Gasteiger partial charge in [-0.2, -0.15) is 0 Å². The number of hydrogen-bond acceptors (Lipinski definition) is 2. The Balaban J connectivity index is 2.17. The highest BCUT2D eigenvalue weighted by molar-refractivity contribution is 5.79. The van der Waals surface area contributed by atoms with E-state index in [0.717, 1.165) is 11.3 Å². The first-order chi connectivity index (χ1) is 9.29. The van der Waals surface area contributed by atoms with Crippen LogP contribution >= 0.6 is 0 Å². The molecule has 19 heavy (non-hydrogen) atoms. The third-order valence-corrected chi connectivity index (χ3v) is 3.14. The van der Waals surface area contributed by atoms with Gasteiger partial charge in [0.15, 0.2) is 0 Å². The SMILES string of the molecule is CCC(=O)CC(Nc1ccccc1)c1ccccc1. The predicted octanol–water partition coefficient (Wildman–Crippen LogP) is 4.21. The van der Waals surface area contributed by atoms with E-state index in [4.69, 9.17) is 0 Å². The van der Waals surface area contributed by atoms with Gasteiger partial charge in [0, 0.05) is 18.5 Å². The van der Waals surface area contributed by atoms with E-state index < -0.39 is 0 Å². The molecule has 0 aliphatic rings. The summed E-state index contributed by atoms with van der Waals surface area (Å²) in [5, 5.41) is 3.44. The van der Waals surface area contributed by atoms with Crippen molar-refractivity contribution in [2.45, 2.75) is 25.8 Å². The molecule has 2 aromatic carbocycles. The van der Waals surface area contributed by atoms with E-state index >= 15 is 0 Å². The second-order valence-electron chi connectivity index (χ2n) is 4.57. The fourth-order valence-electron chi connectivity index (χ4n) is 2.05. The van der Waals surface area contributed by atoms with Gasteiger partial charge in [-0.15, -0.1) is 0 Å². The summed E-state index contributed by atoms with van der Waals surface area (Å²) in [6.07, 6.45) is 1.11. The number of para-hydroxylation sites is 1. The van der Waals surface area contributed by atoms with Crippen molar-refractivity contribution in [2.75, 3.05) is 5.32 Å². The molecule has 0 radical (unpaired) electrons. The van der Waals surface area contributed by atoms with Crippen LogP contribution in [0.2, 0.25) is 0 Å². The lowest BCUT2D eigenvalue weighted by atomic mass is 10.00. The maximum absolute atomic E-state index is 11.7.